The Kier molecular flexibility index (Phi) is 16.2. The summed E-state index contributed by atoms with van der Waals surface area (Å²) in [5, 5.41) is 25.5. The summed E-state index contributed by atoms with van der Waals surface area (Å²) in [4.78, 5) is 0. The maximum absolute atomic E-state index is 8.65. The highest BCUT2D eigenvalue weighted by Crippen LogP contribution is 2.17. The number of phenolic OH excluding ortho intramolecular Hbond substituents is 2. The fraction of sp³-hybridized carbons (Fsp3) is 0.280. The molecule has 0 amide bonds. The topological polar surface area (TPSA) is 97.3 Å². The molecule has 0 aliphatic carbocycles. The monoisotopic (exact) mass is 445 g/mol. The van der Waals surface area contributed by atoms with E-state index < -0.39 is 0 Å². The molecule has 0 aliphatic rings. The molecule has 0 aromatic heterocycles. The van der Waals surface area contributed by atoms with Crippen LogP contribution in [-0.4, -0.2) is 44.8 Å². The van der Waals surface area contributed by atoms with Gasteiger partial charge in [-0.1, -0.05) is 0 Å². The average Bonchev–Trinajstić information content (AvgIpc) is 2.85. The van der Waals surface area contributed by atoms with Crippen LogP contribution in [0.3, 0.4) is 0 Å². The van der Waals surface area contributed by atoms with Gasteiger partial charge in [-0.25, -0.2) is 5.11 Å². The molecule has 0 spiro atoms. The van der Waals surface area contributed by atoms with Crippen LogP contribution in [0, 0.1) is 0 Å². The fourth-order valence-electron chi connectivity index (χ4n) is 2.13. The molecule has 3 aromatic carbocycles. The van der Waals surface area contributed by atoms with E-state index in [9.17, 15) is 0 Å². The van der Waals surface area contributed by atoms with Crippen LogP contribution in [0.4, 0.5) is 0 Å². The maximum Gasteiger partial charge on any atom is 0.119 e. The van der Waals surface area contributed by atoms with Gasteiger partial charge in [-0.3, -0.25) is 0 Å². The highest BCUT2D eigenvalue weighted by Gasteiger charge is 1.93. The van der Waals surface area contributed by atoms with E-state index in [1.807, 2.05) is 62.4 Å². The molecule has 3 rings (SSSR count). The van der Waals surface area contributed by atoms with Crippen molar-refractivity contribution in [3.63, 3.8) is 0 Å². The van der Waals surface area contributed by atoms with Crippen LogP contribution in [-0.2, 0) is 5.11 Å². The highest BCUT2D eigenvalue weighted by atomic mass is 16.5. The number of methoxy groups -OCH3 is 2. The number of hydrogen-bond acceptors (Lipinski definition) is 6. The molecular formula is C25H33O7. The summed E-state index contributed by atoms with van der Waals surface area (Å²) in [6.07, 6.45) is 0. The highest BCUT2D eigenvalue weighted by molar-refractivity contribution is 5.32. The molecule has 0 aliphatic heterocycles. The van der Waals surface area contributed by atoms with Crippen molar-refractivity contribution in [1.29, 1.82) is 0 Å². The summed E-state index contributed by atoms with van der Waals surface area (Å²) in [6, 6.07) is 20.8. The van der Waals surface area contributed by atoms with Crippen LogP contribution < -0.4 is 18.9 Å². The average molecular weight is 446 g/mol. The van der Waals surface area contributed by atoms with Crippen LogP contribution in [0.25, 0.3) is 0 Å². The third-order valence-corrected chi connectivity index (χ3v) is 3.59. The van der Waals surface area contributed by atoms with Crippen molar-refractivity contribution in [3.05, 3.63) is 72.8 Å². The summed E-state index contributed by atoms with van der Waals surface area (Å²) in [7, 11) is 4.03. The molecular weight excluding hydrogens is 412 g/mol. The Labute approximate surface area is 190 Å². The Morgan fingerprint density at radius 3 is 1.00 bits per heavy atom. The minimum Gasteiger partial charge on any atom is -0.508 e. The molecule has 0 saturated carbocycles. The molecule has 175 valence electrons. The lowest BCUT2D eigenvalue weighted by molar-refractivity contribution is 0.282. The molecule has 0 unspecified atom stereocenters. The van der Waals surface area contributed by atoms with Crippen molar-refractivity contribution in [3.8, 4) is 34.5 Å². The van der Waals surface area contributed by atoms with E-state index in [1.165, 1.54) is 24.3 Å². The van der Waals surface area contributed by atoms with Gasteiger partial charge >= 0.3 is 0 Å². The van der Waals surface area contributed by atoms with Gasteiger partial charge in [-0.05, 0) is 86.6 Å². The van der Waals surface area contributed by atoms with E-state index in [2.05, 4.69) is 0 Å². The predicted molar refractivity (Wildman–Crippen MR) is 125 cm³/mol. The van der Waals surface area contributed by atoms with E-state index in [4.69, 9.17) is 34.3 Å². The molecule has 0 heterocycles. The summed E-state index contributed by atoms with van der Waals surface area (Å²) in [5.41, 5.74) is 0. The molecule has 0 fully saturated rings. The van der Waals surface area contributed by atoms with Crippen molar-refractivity contribution in [2.75, 3.05) is 34.5 Å². The Balaban J connectivity index is 0.000000441. The lowest BCUT2D eigenvalue weighted by Gasteiger charge is -2.04. The van der Waals surface area contributed by atoms with Crippen molar-refractivity contribution >= 4 is 0 Å². The molecule has 1 radical (unpaired) electrons. The second kappa shape index (κ2) is 18.2. The third-order valence-electron chi connectivity index (χ3n) is 3.59. The zero-order valence-electron chi connectivity index (χ0n) is 19.3. The minimum atomic E-state index is 0.169. The zero-order valence-corrected chi connectivity index (χ0v) is 19.3. The standard InChI is InChI=1S/C10H14O2.C8H10O2.C6H6O2.CH3O/c1-3-11-9-5-7-10(8-6-9)12-4-2;1-9-7-3-5-8(10-2)6-4-7;7-5-1-2-6(8)4-3-5;1-2/h5-8H,3-4H2,1-2H3;3-6H,1-2H3;1-4,7-8H;1H3. The van der Waals surface area contributed by atoms with Crippen LogP contribution in [0.2, 0.25) is 0 Å². The Morgan fingerprint density at radius 2 is 0.781 bits per heavy atom. The van der Waals surface area contributed by atoms with Crippen molar-refractivity contribution in [2.24, 2.45) is 0 Å². The second-order valence-electron chi connectivity index (χ2n) is 5.73. The van der Waals surface area contributed by atoms with E-state index in [0.29, 0.717) is 13.2 Å². The summed E-state index contributed by atoms with van der Waals surface area (Å²) >= 11 is 0. The van der Waals surface area contributed by atoms with E-state index in [1.54, 1.807) is 14.2 Å². The molecule has 7 nitrogen and oxygen atoms in total. The van der Waals surface area contributed by atoms with Crippen LogP contribution >= 0.6 is 0 Å². The number of phenols is 2. The molecule has 0 atom stereocenters. The Bertz CT molecular complexity index is 732. The smallest absolute Gasteiger partial charge is 0.119 e. The van der Waals surface area contributed by atoms with Gasteiger partial charge in [0.25, 0.3) is 0 Å². The number of hydrogen-bond donors (Lipinski definition) is 2. The summed E-state index contributed by atoms with van der Waals surface area (Å²) < 4.78 is 20.5. The number of aromatic hydroxyl groups is 2. The first kappa shape index (κ1) is 28.4. The van der Waals surface area contributed by atoms with Gasteiger partial charge in [0.2, 0.25) is 0 Å². The van der Waals surface area contributed by atoms with Gasteiger partial charge in [0.05, 0.1) is 34.5 Å². The summed E-state index contributed by atoms with van der Waals surface area (Å²) in [5.74, 6) is 3.81. The lowest BCUT2D eigenvalue weighted by Crippen LogP contribution is -1.93. The van der Waals surface area contributed by atoms with Crippen LogP contribution in [0.1, 0.15) is 13.8 Å². The minimum absolute atomic E-state index is 0.169. The van der Waals surface area contributed by atoms with Crippen LogP contribution in [0.15, 0.2) is 72.8 Å². The molecule has 3 aromatic rings. The number of rotatable bonds is 6. The Morgan fingerprint density at radius 1 is 0.531 bits per heavy atom. The van der Waals surface area contributed by atoms with Gasteiger partial charge in [0, 0.05) is 0 Å². The van der Waals surface area contributed by atoms with Gasteiger partial charge in [-0.2, -0.15) is 0 Å². The quantitative estimate of drug-likeness (QED) is 0.498. The fourth-order valence-corrected chi connectivity index (χ4v) is 2.13. The molecule has 32 heavy (non-hydrogen) atoms. The number of ether oxygens (including phenoxy) is 4. The second-order valence-corrected chi connectivity index (χ2v) is 5.73. The molecule has 0 saturated heterocycles. The van der Waals surface area contributed by atoms with Gasteiger partial charge in [0.1, 0.15) is 34.5 Å². The van der Waals surface area contributed by atoms with Crippen molar-refractivity contribution in [2.45, 2.75) is 13.8 Å². The molecule has 7 heteroatoms. The lowest BCUT2D eigenvalue weighted by atomic mass is 10.3. The van der Waals surface area contributed by atoms with Crippen molar-refractivity contribution in [1.82, 2.24) is 0 Å². The largest absolute Gasteiger partial charge is 0.508 e. The SMILES string of the molecule is CCOc1ccc(OCC)cc1.COc1ccc(OC)cc1.C[O].Oc1ccc(O)cc1. The first-order chi connectivity index (χ1) is 15.5. The van der Waals surface area contributed by atoms with E-state index in [0.717, 1.165) is 30.1 Å². The first-order valence-corrected chi connectivity index (χ1v) is 9.94. The zero-order chi connectivity index (χ0) is 24.2. The normalized spacial score (nSPS) is 8.81. The first-order valence-electron chi connectivity index (χ1n) is 9.94. The van der Waals surface area contributed by atoms with Gasteiger partial charge < -0.3 is 29.2 Å². The van der Waals surface area contributed by atoms with Crippen molar-refractivity contribution < 1.29 is 34.3 Å². The van der Waals surface area contributed by atoms with E-state index in [-0.39, 0.29) is 11.5 Å². The molecule has 0 bridgehead atoms. The summed E-state index contributed by atoms with van der Waals surface area (Å²) in [6.45, 7) is 5.34. The number of benzene rings is 3. The van der Waals surface area contributed by atoms with Gasteiger partial charge in [0.15, 0.2) is 0 Å². The molecule has 2 N–H and O–H groups in total. The van der Waals surface area contributed by atoms with E-state index >= 15 is 0 Å². The third kappa shape index (κ3) is 12.9. The maximum atomic E-state index is 8.65. The van der Waals surface area contributed by atoms with Crippen LogP contribution in [0.5, 0.6) is 34.5 Å². The van der Waals surface area contributed by atoms with Gasteiger partial charge in [-0.15, -0.1) is 0 Å². The Hall–Kier alpha value is -3.58. The predicted octanol–water partition coefficient (Wildman–Crippen LogP) is 5.33.